The van der Waals surface area contributed by atoms with Crippen LogP contribution in [0.2, 0.25) is 0 Å². The molecule has 14 heavy (non-hydrogen) atoms. The molecule has 6 nitrogen and oxygen atoms in total. The highest BCUT2D eigenvalue weighted by atomic mass is 16.4. The van der Waals surface area contributed by atoms with E-state index in [0.717, 1.165) is 6.42 Å². The molecule has 0 aliphatic rings. The summed E-state index contributed by atoms with van der Waals surface area (Å²) in [6, 6.07) is -1.31. The summed E-state index contributed by atoms with van der Waals surface area (Å²) in [7, 11) is 1.44. The molecular weight excluding hydrogens is 186 g/mol. The number of rotatable bonds is 6. The third-order valence-electron chi connectivity index (χ3n) is 1.78. The van der Waals surface area contributed by atoms with E-state index in [2.05, 4.69) is 10.6 Å². The number of nitrogens with two attached hydrogens (primary N) is 1. The Balaban J connectivity index is 3.90. The van der Waals surface area contributed by atoms with Crippen molar-refractivity contribution in [1.82, 2.24) is 10.6 Å². The minimum absolute atomic E-state index is 0.403. The number of amides is 2. The largest absolute Gasteiger partial charge is 0.480 e. The van der Waals surface area contributed by atoms with Crippen molar-refractivity contribution in [2.45, 2.75) is 25.3 Å². The fourth-order valence-electron chi connectivity index (χ4n) is 0.981. The average molecular weight is 203 g/mol. The maximum absolute atomic E-state index is 10.8. The van der Waals surface area contributed by atoms with Gasteiger partial charge in [-0.3, -0.25) is 0 Å². The molecule has 0 saturated carbocycles. The van der Waals surface area contributed by atoms with Crippen LogP contribution < -0.4 is 16.4 Å². The van der Waals surface area contributed by atoms with Crippen LogP contribution in [0.15, 0.2) is 0 Å². The van der Waals surface area contributed by atoms with Crippen LogP contribution in [0.4, 0.5) is 4.79 Å². The van der Waals surface area contributed by atoms with Gasteiger partial charge in [-0.15, -0.1) is 0 Å². The van der Waals surface area contributed by atoms with E-state index in [1.807, 2.05) is 0 Å². The van der Waals surface area contributed by atoms with Gasteiger partial charge in [0.25, 0.3) is 0 Å². The first-order valence-electron chi connectivity index (χ1n) is 4.53. The Bertz CT molecular complexity index is 196. The second-order valence-corrected chi connectivity index (χ2v) is 2.90. The van der Waals surface area contributed by atoms with Gasteiger partial charge in [0.05, 0.1) is 0 Å². The maximum atomic E-state index is 10.8. The lowest BCUT2D eigenvalue weighted by molar-refractivity contribution is -0.139. The highest BCUT2D eigenvalue weighted by molar-refractivity contribution is 5.82. The average Bonchev–Trinajstić information content (AvgIpc) is 2.16. The molecule has 2 amide bonds. The zero-order chi connectivity index (χ0) is 11.0. The molecule has 0 rings (SSSR count). The number of urea groups is 1. The molecule has 0 aliphatic carbocycles. The van der Waals surface area contributed by atoms with E-state index >= 15 is 0 Å². The third kappa shape index (κ3) is 5.36. The fourth-order valence-corrected chi connectivity index (χ4v) is 0.981. The van der Waals surface area contributed by atoms with Crippen LogP contribution >= 0.6 is 0 Å². The van der Waals surface area contributed by atoms with Gasteiger partial charge >= 0.3 is 12.0 Å². The van der Waals surface area contributed by atoms with Gasteiger partial charge in [0.2, 0.25) is 0 Å². The molecule has 0 aromatic heterocycles. The van der Waals surface area contributed by atoms with Crippen LogP contribution in [-0.2, 0) is 4.79 Å². The van der Waals surface area contributed by atoms with Crippen LogP contribution in [0.5, 0.6) is 0 Å². The first-order valence-corrected chi connectivity index (χ1v) is 4.53. The maximum Gasteiger partial charge on any atom is 0.326 e. The lowest BCUT2D eigenvalue weighted by atomic mass is 10.1. The van der Waals surface area contributed by atoms with Crippen molar-refractivity contribution >= 4 is 12.0 Å². The molecule has 0 fully saturated rings. The Labute approximate surface area is 82.9 Å². The molecule has 82 valence electrons. The van der Waals surface area contributed by atoms with Crippen molar-refractivity contribution in [2.75, 3.05) is 13.6 Å². The number of hydrogen-bond donors (Lipinski definition) is 4. The predicted octanol–water partition coefficient (Wildman–Crippen LogP) is -0.502. The molecule has 0 aromatic carbocycles. The molecule has 0 saturated heterocycles. The van der Waals surface area contributed by atoms with Gasteiger partial charge in [-0.05, 0) is 25.8 Å². The Morgan fingerprint density at radius 3 is 2.50 bits per heavy atom. The lowest BCUT2D eigenvalue weighted by Crippen LogP contribution is -2.44. The van der Waals surface area contributed by atoms with Crippen LogP contribution in [-0.4, -0.2) is 36.7 Å². The smallest absolute Gasteiger partial charge is 0.326 e. The number of carboxylic acids is 1. The summed E-state index contributed by atoms with van der Waals surface area (Å²) in [6.07, 6.45) is 1.86. The topological polar surface area (TPSA) is 104 Å². The molecule has 0 bridgehead atoms. The van der Waals surface area contributed by atoms with Gasteiger partial charge in [0, 0.05) is 7.05 Å². The zero-order valence-electron chi connectivity index (χ0n) is 8.25. The molecule has 0 spiro atoms. The minimum atomic E-state index is -1.02. The molecule has 0 aliphatic heterocycles. The summed E-state index contributed by atoms with van der Waals surface area (Å²) in [6.45, 7) is 0.534. The monoisotopic (exact) mass is 203 g/mol. The summed E-state index contributed by atoms with van der Waals surface area (Å²) in [5, 5.41) is 13.4. The number of carboxylic acid groups (broad SMARTS) is 1. The summed E-state index contributed by atoms with van der Waals surface area (Å²) in [5.74, 6) is -1.02. The second kappa shape index (κ2) is 7.14. The van der Waals surface area contributed by atoms with Crippen LogP contribution in [0.1, 0.15) is 19.3 Å². The van der Waals surface area contributed by atoms with Crippen molar-refractivity contribution in [2.24, 2.45) is 5.73 Å². The van der Waals surface area contributed by atoms with Crippen molar-refractivity contribution < 1.29 is 14.7 Å². The number of unbranched alkanes of at least 4 members (excludes halogenated alkanes) is 1. The summed E-state index contributed by atoms with van der Waals surface area (Å²) in [4.78, 5) is 21.5. The standard InChI is InChI=1S/C8H17N3O3/c1-10-8(14)11-6(7(12)13)4-2-3-5-9/h6H,2-5,9H2,1H3,(H,12,13)(H2,10,11,14)/t6-/m0/s1. The number of nitrogens with one attached hydrogen (secondary N) is 2. The quantitative estimate of drug-likeness (QED) is 0.437. The summed E-state index contributed by atoms with van der Waals surface area (Å²) >= 11 is 0. The fraction of sp³-hybridized carbons (Fsp3) is 0.750. The van der Waals surface area contributed by atoms with Crippen molar-refractivity contribution in [3.8, 4) is 0 Å². The van der Waals surface area contributed by atoms with Gasteiger partial charge < -0.3 is 21.5 Å². The summed E-state index contributed by atoms with van der Waals surface area (Å²) < 4.78 is 0. The molecule has 5 N–H and O–H groups in total. The van der Waals surface area contributed by atoms with E-state index in [4.69, 9.17) is 10.8 Å². The van der Waals surface area contributed by atoms with E-state index < -0.39 is 18.0 Å². The van der Waals surface area contributed by atoms with Crippen molar-refractivity contribution in [3.05, 3.63) is 0 Å². The Kier molecular flexibility index (Phi) is 6.47. The predicted molar refractivity (Wildman–Crippen MR) is 51.9 cm³/mol. The zero-order valence-corrected chi connectivity index (χ0v) is 8.25. The Morgan fingerprint density at radius 2 is 2.07 bits per heavy atom. The number of aliphatic carboxylic acids is 1. The molecule has 0 aromatic rings. The third-order valence-corrected chi connectivity index (χ3v) is 1.78. The first-order chi connectivity index (χ1) is 6.61. The van der Waals surface area contributed by atoms with Crippen LogP contribution in [0.3, 0.4) is 0 Å². The van der Waals surface area contributed by atoms with Crippen LogP contribution in [0.25, 0.3) is 0 Å². The summed E-state index contributed by atoms with van der Waals surface area (Å²) in [5.41, 5.74) is 5.27. The van der Waals surface area contributed by atoms with Gasteiger partial charge in [-0.25, -0.2) is 9.59 Å². The first kappa shape index (κ1) is 12.7. The second-order valence-electron chi connectivity index (χ2n) is 2.90. The molecule has 6 heteroatoms. The highest BCUT2D eigenvalue weighted by Gasteiger charge is 2.18. The molecule has 0 heterocycles. The van der Waals surface area contributed by atoms with Gasteiger partial charge in [0.1, 0.15) is 6.04 Å². The lowest BCUT2D eigenvalue weighted by Gasteiger charge is -2.13. The Hall–Kier alpha value is -1.30. The molecule has 0 radical (unpaired) electrons. The van der Waals surface area contributed by atoms with Gasteiger partial charge in [0.15, 0.2) is 0 Å². The van der Waals surface area contributed by atoms with Crippen molar-refractivity contribution in [1.29, 1.82) is 0 Å². The molecule has 0 unspecified atom stereocenters. The number of carbonyl (C=O) groups excluding carboxylic acids is 1. The van der Waals surface area contributed by atoms with Crippen molar-refractivity contribution in [3.63, 3.8) is 0 Å². The van der Waals surface area contributed by atoms with E-state index in [1.54, 1.807) is 0 Å². The van der Waals surface area contributed by atoms with Crippen LogP contribution in [0, 0.1) is 0 Å². The van der Waals surface area contributed by atoms with Gasteiger partial charge in [-0.1, -0.05) is 0 Å². The molecular formula is C8H17N3O3. The molecule has 1 atom stereocenters. The SMILES string of the molecule is CNC(=O)N[C@@H](CCCCN)C(=O)O. The van der Waals surface area contributed by atoms with E-state index in [-0.39, 0.29) is 0 Å². The normalized spacial score (nSPS) is 11.9. The minimum Gasteiger partial charge on any atom is -0.480 e. The highest BCUT2D eigenvalue weighted by Crippen LogP contribution is 2.00. The van der Waals surface area contributed by atoms with E-state index in [1.165, 1.54) is 7.05 Å². The number of carbonyl (C=O) groups is 2. The Morgan fingerprint density at radius 1 is 1.43 bits per heavy atom. The number of hydrogen-bond acceptors (Lipinski definition) is 3. The van der Waals surface area contributed by atoms with E-state index in [0.29, 0.717) is 19.4 Å². The van der Waals surface area contributed by atoms with E-state index in [9.17, 15) is 9.59 Å². The van der Waals surface area contributed by atoms with Gasteiger partial charge in [-0.2, -0.15) is 0 Å².